The normalized spacial score (nSPS) is 18.4. The minimum absolute atomic E-state index is 0.253. The van der Waals surface area contributed by atoms with Crippen molar-refractivity contribution in [2.75, 3.05) is 6.54 Å². The summed E-state index contributed by atoms with van der Waals surface area (Å²) in [5.41, 5.74) is 3.11. The number of allylic oxidation sites excluding steroid dienone is 4. The molecule has 0 saturated carbocycles. The molecule has 0 heterocycles. The molecule has 22 heavy (non-hydrogen) atoms. The molecule has 0 bridgehead atoms. The Hall–Kier alpha value is -1.34. The van der Waals surface area contributed by atoms with Crippen LogP contribution in [0, 0.1) is 5.92 Å². The number of quaternary nitrogens is 1. The molecule has 0 saturated heterocycles. The van der Waals surface area contributed by atoms with E-state index in [-0.39, 0.29) is 5.41 Å². The minimum Gasteiger partial charge on any atom is -0.343 e. The van der Waals surface area contributed by atoms with Crippen LogP contribution in [0.1, 0.15) is 57.6 Å². The quantitative estimate of drug-likeness (QED) is 0.594. The lowest BCUT2D eigenvalue weighted by Crippen LogP contribution is -2.82. The van der Waals surface area contributed by atoms with Crippen molar-refractivity contribution in [1.29, 1.82) is 0 Å². The van der Waals surface area contributed by atoms with Gasteiger partial charge < -0.3 is 5.32 Å². The van der Waals surface area contributed by atoms with E-state index in [9.17, 15) is 0 Å². The molecule has 1 aromatic rings. The second-order valence-corrected chi connectivity index (χ2v) is 7.50. The van der Waals surface area contributed by atoms with E-state index in [1.807, 2.05) is 0 Å². The fourth-order valence-corrected chi connectivity index (χ4v) is 2.94. The Balaban J connectivity index is 1.65. The largest absolute Gasteiger partial charge is 0.343 e. The number of hydrogen-bond acceptors (Lipinski definition) is 0. The maximum Gasteiger partial charge on any atom is 0.101 e. The highest BCUT2D eigenvalue weighted by molar-refractivity contribution is 5.26. The van der Waals surface area contributed by atoms with Gasteiger partial charge in [0.1, 0.15) is 6.54 Å². The fourth-order valence-electron chi connectivity index (χ4n) is 2.94. The molecule has 1 aliphatic carbocycles. The van der Waals surface area contributed by atoms with E-state index in [1.54, 1.807) is 0 Å². The van der Waals surface area contributed by atoms with E-state index in [2.05, 4.69) is 74.7 Å². The van der Waals surface area contributed by atoms with Crippen LogP contribution in [0.2, 0.25) is 0 Å². The zero-order valence-corrected chi connectivity index (χ0v) is 14.5. The highest BCUT2D eigenvalue weighted by atomic mass is 14.8. The molecule has 1 nitrogen and oxygen atoms in total. The molecule has 0 aliphatic heterocycles. The topological polar surface area (TPSA) is 16.6 Å². The molecule has 0 amide bonds. The van der Waals surface area contributed by atoms with E-state index < -0.39 is 0 Å². The van der Waals surface area contributed by atoms with Crippen molar-refractivity contribution in [2.24, 2.45) is 5.92 Å². The second kappa shape index (κ2) is 8.33. The third-order valence-corrected chi connectivity index (χ3v) is 4.47. The van der Waals surface area contributed by atoms with Crippen molar-refractivity contribution in [3.8, 4) is 0 Å². The number of rotatable bonds is 6. The molecule has 120 valence electrons. The first-order valence-electron chi connectivity index (χ1n) is 8.78. The minimum atomic E-state index is 0.253. The van der Waals surface area contributed by atoms with E-state index in [1.165, 1.54) is 36.9 Å². The van der Waals surface area contributed by atoms with Crippen LogP contribution in [0.15, 0.2) is 48.6 Å². The Kier molecular flexibility index (Phi) is 6.45. The van der Waals surface area contributed by atoms with Gasteiger partial charge in [-0.3, -0.25) is 0 Å². The molecular formula is C21H32N+. The monoisotopic (exact) mass is 298 g/mol. The van der Waals surface area contributed by atoms with Gasteiger partial charge in [-0.25, -0.2) is 0 Å². The summed E-state index contributed by atoms with van der Waals surface area (Å²) in [6.45, 7) is 9.14. The van der Waals surface area contributed by atoms with Gasteiger partial charge in [-0.05, 0) is 42.6 Å². The molecule has 0 radical (unpaired) electrons. The van der Waals surface area contributed by atoms with Gasteiger partial charge in [0.05, 0.1) is 6.54 Å². The Morgan fingerprint density at radius 2 is 1.82 bits per heavy atom. The first kappa shape index (κ1) is 17.0. The molecule has 1 atom stereocenters. The van der Waals surface area contributed by atoms with Gasteiger partial charge >= 0.3 is 0 Å². The van der Waals surface area contributed by atoms with Crippen LogP contribution < -0.4 is 5.32 Å². The lowest BCUT2D eigenvalue weighted by Gasteiger charge is -2.19. The molecule has 1 heteroatoms. The lowest BCUT2D eigenvalue weighted by molar-refractivity contribution is -0.671. The highest BCUT2D eigenvalue weighted by Crippen LogP contribution is 2.22. The molecule has 0 unspecified atom stereocenters. The van der Waals surface area contributed by atoms with Gasteiger partial charge in [0.2, 0.25) is 0 Å². The SMILES string of the molecule is CC(C)(C)c1ccc(C[NH2+]CCC[C@H]2C=CCC=CC2)cc1. The van der Waals surface area contributed by atoms with E-state index in [0.717, 1.165) is 18.9 Å². The summed E-state index contributed by atoms with van der Waals surface area (Å²) < 4.78 is 0. The third-order valence-electron chi connectivity index (χ3n) is 4.47. The van der Waals surface area contributed by atoms with Crippen molar-refractivity contribution in [1.82, 2.24) is 0 Å². The van der Waals surface area contributed by atoms with E-state index in [0.29, 0.717) is 0 Å². The average Bonchev–Trinajstić information content (AvgIpc) is 2.75. The first-order chi connectivity index (χ1) is 10.6. The number of benzene rings is 1. The van der Waals surface area contributed by atoms with Crippen molar-refractivity contribution < 1.29 is 5.32 Å². The molecule has 0 fully saturated rings. The summed E-state index contributed by atoms with van der Waals surface area (Å²) in [6, 6.07) is 9.14. The summed E-state index contributed by atoms with van der Waals surface area (Å²) in [5.74, 6) is 0.762. The van der Waals surface area contributed by atoms with Crippen LogP contribution in [-0.2, 0) is 12.0 Å². The van der Waals surface area contributed by atoms with Crippen LogP contribution in [0.25, 0.3) is 0 Å². The van der Waals surface area contributed by atoms with Gasteiger partial charge in [-0.15, -0.1) is 0 Å². The first-order valence-corrected chi connectivity index (χ1v) is 8.78. The van der Waals surface area contributed by atoms with Crippen LogP contribution in [0.4, 0.5) is 0 Å². The van der Waals surface area contributed by atoms with Crippen LogP contribution in [0.5, 0.6) is 0 Å². The predicted octanol–water partition coefficient (Wildman–Crippen LogP) is 4.35. The van der Waals surface area contributed by atoms with Crippen LogP contribution >= 0.6 is 0 Å². The standard InChI is InChI=1S/C21H31N/c1-21(2,3)20-14-12-19(13-15-20)17-22-16-8-11-18-9-6-4-5-7-10-18/h4,6-7,10,12-15,18,22H,5,8-9,11,16-17H2,1-3H3/p+1/t18-/m1/s1. The molecule has 0 spiro atoms. The van der Waals surface area contributed by atoms with E-state index >= 15 is 0 Å². The second-order valence-electron chi connectivity index (χ2n) is 7.50. The Morgan fingerprint density at radius 3 is 2.55 bits per heavy atom. The van der Waals surface area contributed by atoms with Crippen molar-refractivity contribution in [3.05, 3.63) is 59.7 Å². The van der Waals surface area contributed by atoms with E-state index in [4.69, 9.17) is 0 Å². The molecule has 2 N–H and O–H groups in total. The number of nitrogens with two attached hydrogens (primary N) is 1. The van der Waals surface area contributed by atoms with Gasteiger partial charge in [-0.2, -0.15) is 0 Å². The zero-order chi connectivity index (χ0) is 15.8. The fraction of sp³-hybridized carbons (Fsp3) is 0.524. The molecule has 0 aromatic heterocycles. The van der Waals surface area contributed by atoms with Gasteiger partial charge in [0, 0.05) is 5.56 Å². The molecular weight excluding hydrogens is 266 g/mol. The van der Waals surface area contributed by atoms with Crippen molar-refractivity contribution in [2.45, 2.75) is 58.4 Å². The van der Waals surface area contributed by atoms with Gasteiger partial charge in [0.15, 0.2) is 0 Å². The van der Waals surface area contributed by atoms with Gasteiger partial charge in [-0.1, -0.05) is 69.3 Å². The maximum absolute atomic E-state index is 2.45. The smallest absolute Gasteiger partial charge is 0.101 e. The highest BCUT2D eigenvalue weighted by Gasteiger charge is 2.12. The summed E-state index contributed by atoms with van der Waals surface area (Å²) in [5, 5.41) is 2.45. The summed E-state index contributed by atoms with van der Waals surface area (Å²) in [6.07, 6.45) is 14.3. The average molecular weight is 298 g/mol. The third kappa shape index (κ3) is 5.81. The maximum atomic E-state index is 2.45. The Morgan fingerprint density at radius 1 is 1.05 bits per heavy atom. The molecule has 1 aromatic carbocycles. The summed E-state index contributed by atoms with van der Waals surface area (Å²) >= 11 is 0. The predicted molar refractivity (Wildman–Crippen MR) is 95.9 cm³/mol. The van der Waals surface area contributed by atoms with Crippen molar-refractivity contribution in [3.63, 3.8) is 0 Å². The van der Waals surface area contributed by atoms with Crippen LogP contribution in [0.3, 0.4) is 0 Å². The molecule has 2 rings (SSSR count). The van der Waals surface area contributed by atoms with Gasteiger partial charge in [0.25, 0.3) is 0 Å². The summed E-state index contributed by atoms with van der Waals surface area (Å²) in [4.78, 5) is 0. The van der Waals surface area contributed by atoms with Crippen LogP contribution in [-0.4, -0.2) is 6.54 Å². The lowest BCUT2D eigenvalue weighted by atomic mass is 9.87. The zero-order valence-electron chi connectivity index (χ0n) is 14.5. The Bertz CT molecular complexity index is 488. The Labute approximate surface area is 136 Å². The summed E-state index contributed by atoms with van der Waals surface area (Å²) in [7, 11) is 0. The van der Waals surface area contributed by atoms with Crippen molar-refractivity contribution >= 4 is 0 Å². The molecule has 1 aliphatic rings. The number of hydrogen-bond donors (Lipinski definition) is 1.